The minimum absolute atomic E-state index is 0.0124. The molecule has 0 radical (unpaired) electrons. The number of carbonyl (C=O) groups excluding carboxylic acids is 1. The smallest absolute Gasteiger partial charge is 0.232 e. The first-order valence-electron chi connectivity index (χ1n) is 9.02. The molecule has 1 aliphatic rings. The van der Waals surface area contributed by atoms with Gasteiger partial charge in [-0.25, -0.2) is 8.42 Å². The van der Waals surface area contributed by atoms with Gasteiger partial charge in [-0.1, -0.05) is 0 Å². The minimum Gasteiger partial charge on any atom is -0.496 e. The molecule has 0 amide bonds. The summed E-state index contributed by atoms with van der Waals surface area (Å²) >= 11 is 0. The molecule has 0 saturated carbocycles. The van der Waals surface area contributed by atoms with Gasteiger partial charge in [0.15, 0.2) is 5.78 Å². The second-order valence-corrected chi connectivity index (χ2v) is 8.63. The molecule has 0 aliphatic carbocycles. The first kappa shape index (κ1) is 19.9. The molecular weight excluding hydrogens is 378 g/mol. The molecule has 1 N–H and O–H groups in total. The number of methoxy groups -OCH3 is 1. The Bertz CT molecular complexity index is 1010. The van der Waals surface area contributed by atoms with Gasteiger partial charge in [0.2, 0.25) is 10.0 Å². The van der Waals surface area contributed by atoms with Crippen LogP contribution in [0.1, 0.15) is 35.3 Å². The highest BCUT2D eigenvalue weighted by Gasteiger charge is 2.21. The van der Waals surface area contributed by atoms with Crippen molar-refractivity contribution in [2.75, 3.05) is 17.6 Å². The van der Waals surface area contributed by atoms with Crippen molar-refractivity contribution in [3.8, 4) is 11.5 Å². The number of rotatable bonds is 7. The average molecular weight is 401 g/mol. The quantitative estimate of drug-likeness (QED) is 0.565. The SMILES string of the molecule is CCS(=O)(=O)Nc1ccc(C(=O)/C=C/c2cc3c(cc2OC)CC(C)O3)cc1. The van der Waals surface area contributed by atoms with Crippen molar-refractivity contribution >= 4 is 27.6 Å². The van der Waals surface area contributed by atoms with Crippen LogP contribution in [0.3, 0.4) is 0 Å². The summed E-state index contributed by atoms with van der Waals surface area (Å²) < 4.78 is 36.8. The second-order valence-electron chi connectivity index (χ2n) is 6.61. The van der Waals surface area contributed by atoms with Crippen LogP contribution in [-0.2, 0) is 16.4 Å². The molecule has 0 bridgehead atoms. The van der Waals surface area contributed by atoms with Gasteiger partial charge in [0.25, 0.3) is 0 Å². The van der Waals surface area contributed by atoms with Crippen LogP contribution < -0.4 is 14.2 Å². The number of nitrogens with one attached hydrogen (secondary N) is 1. The number of carbonyl (C=O) groups is 1. The molecule has 1 aliphatic heterocycles. The van der Waals surface area contributed by atoms with E-state index in [1.165, 1.54) is 6.08 Å². The largest absolute Gasteiger partial charge is 0.496 e. The minimum atomic E-state index is -3.34. The predicted molar refractivity (Wildman–Crippen MR) is 110 cm³/mol. The molecule has 28 heavy (non-hydrogen) atoms. The van der Waals surface area contributed by atoms with E-state index in [2.05, 4.69) is 4.72 Å². The first-order chi connectivity index (χ1) is 13.3. The molecule has 0 fully saturated rings. The Morgan fingerprint density at radius 1 is 1.29 bits per heavy atom. The molecule has 7 heteroatoms. The summed E-state index contributed by atoms with van der Waals surface area (Å²) in [7, 11) is -1.75. The summed E-state index contributed by atoms with van der Waals surface area (Å²) in [6.45, 7) is 3.57. The summed E-state index contributed by atoms with van der Waals surface area (Å²) in [6, 6.07) is 10.1. The van der Waals surface area contributed by atoms with Gasteiger partial charge in [-0.2, -0.15) is 0 Å². The number of anilines is 1. The number of ether oxygens (including phenoxy) is 2. The van der Waals surface area contributed by atoms with Crippen molar-refractivity contribution < 1.29 is 22.7 Å². The Morgan fingerprint density at radius 3 is 2.64 bits per heavy atom. The Labute approximate surface area is 165 Å². The van der Waals surface area contributed by atoms with E-state index in [0.717, 1.165) is 23.3 Å². The van der Waals surface area contributed by atoms with Gasteiger partial charge in [-0.3, -0.25) is 9.52 Å². The van der Waals surface area contributed by atoms with Gasteiger partial charge in [-0.05, 0) is 62.4 Å². The normalized spacial score (nSPS) is 15.9. The number of ketones is 1. The molecule has 0 saturated heterocycles. The molecule has 2 aromatic carbocycles. The monoisotopic (exact) mass is 401 g/mol. The van der Waals surface area contributed by atoms with Crippen LogP contribution in [-0.4, -0.2) is 33.2 Å². The summed E-state index contributed by atoms with van der Waals surface area (Å²) in [4.78, 5) is 12.5. The third kappa shape index (κ3) is 4.54. The zero-order valence-corrected chi connectivity index (χ0v) is 16.9. The maximum absolute atomic E-state index is 12.5. The van der Waals surface area contributed by atoms with Crippen LogP contribution in [0.4, 0.5) is 5.69 Å². The molecule has 0 spiro atoms. The summed E-state index contributed by atoms with van der Waals surface area (Å²) in [5.41, 5.74) is 2.74. The Morgan fingerprint density at radius 2 is 2.00 bits per heavy atom. The van der Waals surface area contributed by atoms with E-state index in [1.807, 2.05) is 19.1 Å². The van der Waals surface area contributed by atoms with Crippen molar-refractivity contribution in [2.24, 2.45) is 0 Å². The van der Waals surface area contributed by atoms with E-state index in [-0.39, 0.29) is 17.6 Å². The average Bonchev–Trinajstić information content (AvgIpc) is 3.04. The van der Waals surface area contributed by atoms with Crippen molar-refractivity contribution in [1.29, 1.82) is 0 Å². The fraction of sp³-hybridized carbons (Fsp3) is 0.286. The van der Waals surface area contributed by atoms with Crippen LogP contribution in [0, 0.1) is 0 Å². The van der Waals surface area contributed by atoms with Gasteiger partial charge in [0.05, 0.1) is 12.9 Å². The fourth-order valence-electron chi connectivity index (χ4n) is 2.98. The lowest BCUT2D eigenvalue weighted by molar-refractivity contribution is 0.104. The highest BCUT2D eigenvalue weighted by atomic mass is 32.2. The van der Waals surface area contributed by atoms with Crippen molar-refractivity contribution in [2.45, 2.75) is 26.4 Å². The first-order valence-corrected chi connectivity index (χ1v) is 10.7. The number of sulfonamides is 1. The molecular formula is C21H23NO5S. The summed E-state index contributed by atoms with van der Waals surface area (Å²) in [6.07, 6.45) is 4.13. The van der Waals surface area contributed by atoms with Gasteiger partial charge in [0.1, 0.15) is 17.6 Å². The Kier molecular flexibility index (Phi) is 5.74. The summed E-state index contributed by atoms with van der Waals surface area (Å²) in [5, 5.41) is 0. The molecule has 6 nitrogen and oxygen atoms in total. The molecule has 148 valence electrons. The van der Waals surface area contributed by atoms with Crippen molar-refractivity contribution in [1.82, 2.24) is 0 Å². The molecule has 2 aromatic rings. The van der Waals surface area contributed by atoms with Gasteiger partial charge < -0.3 is 9.47 Å². The topological polar surface area (TPSA) is 81.7 Å². The maximum Gasteiger partial charge on any atom is 0.232 e. The third-order valence-electron chi connectivity index (χ3n) is 4.49. The predicted octanol–water partition coefficient (Wildman–Crippen LogP) is 3.68. The fourth-order valence-corrected chi connectivity index (χ4v) is 3.62. The van der Waals surface area contributed by atoms with Gasteiger partial charge in [0, 0.05) is 28.8 Å². The zero-order chi connectivity index (χ0) is 20.3. The highest BCUT2D eigenvalue weighted by molar-refractivity contribution is 7.92. The Balaban J connectivity index is 1.76. The van der Waals surface area contributed by atoms with Crippen molar-refractivity contribution in [3.05, 3.63) is 59.2 Å². The highest BCUT2D eigenvalue weighted by Crippen LogP contribution is 2.35. The van der Waals surface area contributed by atoms with Crippen LogP contribution in [0.2, 0.25) is 0 Å². The number of fused-ring (bicyclic) bond motifs is 1. The molecule has 1 heterocycles. The molecule has 1 unspecified atom stereocenters. The van der Waals surface area contributed by atoms with Crippen molar-refractivity contribution in [3.63, 3.8) is 0 Å². The Hall–Kier alpha value is -2.80. The molecule has 3 rings (SSSR count). The number of hydrogen-bond donors (Lipinski definition) is 1. The lowest BCUT2D eigenvalue weighted by Gasteiger charge is -2.08. The standard InChI is InChI=1S/C21H23NO5S/c1-4-28(24,25)22-18-8-5-15(6-9-18)19(23)10-7-16-12-21-17(11-14(2)27-21)13-20(16)26-3/h5-10,12-14,22H,4,11H2,1-3H3/b10-7+. The van der Waals surface area contributed by atoms with Gasteiger partial charge >= 0.3 is 0 Å². The number of hydrogen-bond acceptors (Lipinski definition) is 5. The number of benzene rings is 2. The maximum atomic E-state index is 12.5. The van der Waals surface area contributed by atoms with E-state index in [4.69, 9.17) is 9.47 Å². The van der Waals surface area contributed by atoms with Crippen LogP contribution >= 0.6 is 0 Å². The lowest BCUT2D eigenvalue weighted by Crippen LogP contribution is -2.14. The van der Waals surface area contributed by atoms with Crippen LogP contribution in [0.25, 0.3) is 6.08 Å². The number of allylic oxidation sites excluding steroid dienone is 1. The van der Waals surface area contributed by atoms with E-state index >= 15 is 0 Å². The molecule has 1 atom stereocenters. The molecule has 0 aromatic heterocycles. The van der Waals surface area contributed by atoms with E-state index in [9.17, 15) is 13.2 Å². The van der Waals surface area contributed by atoms with E-state index < -0.39 is 10.0 Å². The van der Waals surface area contributed by atoms with E-state index in [0.29, 0.717) is 17.0 Å². The third-order valence-corrected chi connectivity index (χ3v) is 5.79. The zero-order valence-electron chi connectivity index (χ0n) is 16.1. The van der Waals surface area contributed by atoms with Crippen LogP contribution in [0.15, 0.2) is 42.5 Å². The summed E-state index contributed by atoms with van der Waals surface area (Å²) in [5.74, 6) is 1.29. The second kappa shape index (κ2) is 8.06. The lowest BCUT2D eigenvalue weighted by atomic mass is 10.0. The van der Waals surface area contributed by atoms with Gasteiger partial charge in [-0.15, -0.1) is 0 Å². The van der Waals surface area contributed by atoms with Crippen LogP contribution in [0.5, 0.6) is 11.5 Å². The van der Waals surface area contributed by atoms with E-state index in [1.54, 1.807) is 44.4 Å².